The van der Waals surface area contributed by atoms with Gasteiger partial charge in [-0.05, 0) is 38.3 Å². The van der Waals surface area contributed by atoms with E-state index in [-0.39, 0.29) is 5.56 Å². The highest BCUT2D eigenvalue weighted by Crippen LogP contribution is 2.28. The van der Waals surface area contributed by atoms with E-state index in [0.717, 1.165) is 48.7 Å². The summed E-state index contributed by atoms with van der Waals surface area (Å²) < 4.78 is 38.8. The molecule has 1 fully saturated rings. The predicted molar refractivity (Wildman–Crippen MR) is 66.0 cm³/mol. The topological polar surface area (TPSA) is 34.0 Å². The Balaban J connectivity index is 1.97. The number of halogens is 3. The van der Waals surface area contributed by atoms with Crippen LogP contribution in [0.3, 0.4) is 0 Å². The number of hydrogen-bond donors (Lipinski definition) is 1. The molecular formula is C13H17F3N2O. The Morgan fingerprint density at radius 3 is 2.79 bits per heavy atom. The fourth-order valence-corrected chi connectivity index (χ4v) is 2.38. The normalized spacial score (nSPS) is 19.8. The van der Waals surface area contributed by atoms with E-state index in [2.05, 4.69) is 5.32 Å². The Kier molecular flexibility index (Phi) is 4.29. The SMILES string of the molecule is O=c1ccc(C(F)(F)F)cn1CCCC1CCCN1. The zero-order valence-electron chi connectivity index (χ0n) is 10.5. The fraction of sp³-hybridized carbons (Fsp3) is 0.615. The summed E-state index contributed by atoms with van der Waals surface area (Å²) in [5.41, 5.74) is -1.15. The van der Waals surface area contributed by atoms with E-state index in [1.165, 1.54) is 0 Å². The van der Waals surface area contributed by atoms with Gasteiger partial charge in [-0.25, -0.2) is 0 Å². The number of alkyl halides is 3. The maximum atomic E-state index is 12.5. The average Bonchev–Trinajstić information content (AvgIpc) is 2.83. The van der Waals surface area contributed by atoms with Gasteiger partial charge in [-0.3, -0.25) is 4.79 Å². The van der Waals surface area contributed by atoms with Crippen LogP contribution in [0.2, 0.25) is 0 Å². The summed E-state index contributed by atoms with van der Waals surface area (Å²) in [6.07, 6.45) is 0.361. The standard InChI is InChI=1S/C13H17F3N2O/c14-13(15,16)10-5-6-12(19)18(9-10)8-2-4-11-3-1-7-17-11/h5-6,9,11,17H,1-4,7-8H2. The minimum atomic E-state index is -4.40. The number of rotatable bonds is 4. The molecule has 1 N–H and O–H groups in total. The summed E-state index contributed by atoms with van der Waals surface area (Å²) >= 11 is 0. The third-order valence-corrected chi connectivity index (χ3v) is 3.42. The smallest absolute Gasteiger partial charge is 0.315 e. The van der Waals surface area contributed by atoms with Crippen molar-refractivity contribution in [2.24, 2.45) is 0 Å². The van der Waals surface area contributed by atoms with Crippen LogP contribution in [0.1, 0.15) is 31.2 Å². The van der Waals surface area contributed by atoms with Gasteiger partial charge in [0.25, 0.3) is 5.56 Å². The van der Waals surface area contributed by atoms with Crippen LogP contribution in [0.4, 0.5) is 13.2 Å². The molecule has 0 aromatic carbocycles. The Morgan fingerprint density at radius 1 is 1.37 bits per heavy atom. The third kappa shape index (κ3) is 3.83. The number of hydrogen-bond acceptors (Lipinski definition) is 2. The van der Waals surface area contributed by atoms with E-state index >= 15 is 0 Å². The Hall–Kier alpha value is -1.30. The molecule has 0 bridgehead atoms. The predicted octanol–water partition coefficient (Wildman–Crippen LogP) is 2.40. The zero-order chi connectivity index (χ0) is 13.9. The lowest BCUT2D eigenvalue weighted by atomic mass is 10.1. The van der Waals surface area contributed by atoms with Crippen molar-refractivity contribution in [3.63, 3.8) is 0 Å². The molecule has 1 atom stereocenters. The highest BCUT2D eigenvalue weighted by molar-refractivity contribution is 5.13. The lowest BCUT2D eigenvalue weighted by molar-refractivity contribution is -0.138. The maximum Gasteiger partial charge on any atom is 0.417 e. The van der Waals surface area contributed by atoms with E-state index in [9.17, 15) is 18.0 Å². The Bertz CT molecular complexity index is 476. The third-order valence-electron chi connectivity index (χ3n) is 3.42. The molecule has 0 spiro atoms. The molecule has 0 aliphatic carbocycles. The quantitative estimate of drug-likeness (QED) is 0.914. The van der Waals surface area contributed by atoms with Crippen LogP contribution in [-0.4, -0.2) is 17.2 Å². The minimum absolute atomic E-state index is 0.334. The molecular weight excluding hydrogens is 257 g/mol. The first kappa shape index (κ1) is 14.1. The van der Waals surface area contributed by atoms with Gasteiger partial charge in [0.15, 0.2) is 0 Å². The van der Waals surface area contributed by atoms with E-state index in [1.807, 2.05) is 0 Å². The molecule has 0 amide bonds. The van der Waals surface area contributed by atoms with Crippen LogP contribution >= 0.6 is 0 Å². The van der Waals surface area contributed by atoms with E-state index in [4.69, 9.17) is 0 Å². The lowest BCUT2D eigenvalue weighted by Gasteiger charge is -2.12. The van der Waals surface area contributed by atoms with E-state index < -0.39 is 11.7 Å². The molecule has 6 heteroatoms. The van der Waals surface area contributed by atoms with Gasteiger partial charge in [0, 0.05) is 24.8 Å². The van der Waals surface area contributed by atoms with Crippen molar-refractivity contribution < 1.29 is 13.2 Å². The largest absolute Gasteiger partial charge is 0.417 e. The van der Waals surface area contributed by atoms with Crippen molar-refractivity contribution in [2.45, 2.75) is 44.4 Å². The van der Waals surface area contributed by atoms with Crippen LogP contribution in [0.15, 0.2) is 23.1 Å². The first-order valence-electron chi connectivity index (χ1n) is 6.48. The fourth-order valence-electron chi connectivity index (χ4n) is 2.38. The maximum absolute atomic E-state index is 12.5. The molecule has 0 saturated carbocycles. The highest BCUT2D eigenvalue weighted by Gasteiger charge is 2.30. The van der Waals surface area contributed by atoms with Crippen molar-refractivity contribution >= 4 is 0 Å². The van der Waals surface area contributed by atoms with E-state index in [0.29, 0.717) is 19.0 Å². The molecule has 3 nitrogen and oxygen atoms in total. The van der Waals surface area contributed by atoms with Crippen molar-refractivity contribution in [3.8, 4) is 0 Å². The van der Waals surface area contributed by atoms with Gasteiger partial charge < -0.3 is 9.88 Å². The summed E-state index contributed by atoms with van der Waals surface area (Å²) in [6, 6.07) is 2.26. The Morgan fingerprint density at radius 2 is 2.16 bits per heavy atom. The summed E-state index contributed by atoms with van der Waals surface area (Å²) in [7, 11) is 0. The second kappa shape index (κ2) is 5.77. The molecule has 2 rings (SSSR count). The molecule has 2 heterocycles. The van der Waals surface area contributed by atoms with Gasteiger partial charge in [-0.1, -0.05) is 0 Å². The zero-order valence-corrected chi connectivity index (χ0v) is 10.5. The molecule has 1 aliphatic heterocycles. The van der Waals surface area contributed by atoms with Gasteiger partial charge in [0.1, 0.15) is 0 Å². The number of aromatic nitrogens is 1. The van der Waals surface area contributed by atoms with Crippen molar-refractivity contribution in [1.82, 2.24) is 9.88 Å². The molecule has 1 saturated heterocycles. The molecule has 1 aliphatic rings. The van der Waals surface area contributed by atoms with Crippen molar-refractivity contribution in [2.75, 3.05) is 6.54 Å². The van der Waals surface area contributed by atoms with Gasteiger partial charge >= 0.3 is 6.18 Å². The lowest BCUT2D eigenvalue weighted by Crippen LogP contribution is -2.24. The second-order valence-electron chi connectivity index (χ2n) is 4.88. The van der Waals surface area contributed by atoms with E-state index in [1.54, 1.807) is 0 Å². The van der Waals surface area contributed by atoms with Crippen LogP contribution in [-0.2, 0) is 12.7 Å². The van der Waals surface area contributed by atoms with Crippen LogP contribution in [0.5, 0.6) is 0 Å². The first-order valence-corrected chi connectivity index (χ1v) is 6.48. The minimum Gasteiger partial charge on any atom is -0.315 e. The molecule has 1 aromatic rings. The monoisotopic (exact) mass is 274 g/mol. The molecule has 1 unspecified atom stereocenters. The molecule has 0 radical (unpaired) electrons. The number of nitrogens with one attached hydrogen (secondary N) is 1. The number of pyridine rings is 1. The van der Waals surface area contributed by atoms with Gasteiger partial charge in [-0.2, -0.15) is 13.2 Å². The summed E-state index contributed by atoms with van der Waals surface area (Å²) in [5, 5.41) is 3.33. The average molecular weight is 274 g/mol. The van der Waals surface area contributed by atoms with Gasteiger partial charge in [-0.15, -0.1) is 0 Å². The molecule has 19 heavy (non-hydrogen) atoms. The highest BCUT2D eigenvalue weighted by atomic mass is 19.4. The van der Waals surface area contributed by atoms with Crippen LogP contribution in [0.25, 0.3) is 0 Å². The number of aryl methyl sites for hydroxylation is 1. The number of nitrogens with zero attached hydrogens (tertiary/aromatic N) is 1. The summed E-state index contributed by atoms with van der Waals surface area (Å²) in [5.74, 6) is 0. The first-order chi connectivity index (χ1) is 8.97. The van der Waals surface area contributed by atoms with Crippen LogP contribution in [0, 0.1) is 0 Å². The van der Waals surface area contributed by atoms with Gasteiger partial charge in [0.05, 0.1) is 5.56 Å². The molecule has 1 aromatic heterocycles. The van der Waals surface area contributed by atoms with Crippen molar-refractivity contribution in [1.29, 1.82) is 0 Å². The Labute approximate surface area is 109 Å². The second-order valence-corrected chi connectivity index (χ2v) is 4.88. The van der Waals surface area contributed by atoms with Crippen LogP contribution < -0.4 is 10.9 Å². The summed E-state index contributed by atoms with van der Waals surface area (Å²) in [4.78, 5) is 11.5. The van der Waals surface area contributed by atoms with Gasteiger partial charge in [0.2, 0.25) is 0 Å². The molecule has 106 valence electrons. The summed E-state index contributed by atoms with van der Waals surface area (Å²) in [6.45, 7) is 1.34. The van der Waals surface area contributed by atoms with Crippen molar-refractivity contribution in [3.05, 3.63) is 34.2 Å².